The van der Waals surface area contributed by atoms with Gasteiger partial charge in [0.2, 0.25) is 5.95 Å². The van der Waals surface area contributed by atoms with E-state index >= 15 is 0 Å². The highest BCUT2D eigenvalue weighted by Crippen LogP contribution is 2.37. The van der Waals surface area contributed by atoms with Crippen LogP contribution in [-0.2, 0) is 13.2 Å². The van der Waals surface area contributed by atoms with Crippen LogP contribution in [0.2, 0.25) is 0 Å². The minimum Gasteiger partial charge on any atom is -0.457 e. The number of nitrogens with one attached hydrogen (secondary N) is 2. The molecule has 8 nitrogen and oxygen atoms in total. The van der Waals surface area contributed by atoms with Crippen LogP contribution >= 0.6 is 0 Å². The Kier molecular flexibility index (Phi) is 6.41. The normalized spacial score (nSPS) is 11.4. The van der Waals surface area contributed by atoms with Crippen LogP contribution in [0.4, 0.5) is 24.8 Å². The van der Waals surface area contributed by atoms with Gasteiger partial charge in [-0.15, -0.1) is 0 Å². The predicted molar refractivity (Wildman–Crippen MR) is 136 cm³/mol. The summed E-state index contributed by atoms with van der Waals surface area (Å²) in [7, 11) is 3.35. The lowest BCUT2D eigenvalue weighted by molar-refractivity contribution is -0.137. The third kappa shape index (κ3) is 4.99. The Morgan fingerprint density at radius 1 is 1.00 bits per heavy atom. The molecule has 0 saturated heterocycles. The van der Waals surface area contributed by atoms with Crippen LogP contribution in [0.5, 0.6) is 11.5 Å². The summed E-state index contributed by atoms with van der Waals surface area (Å²) in [6.07, 6.45) is -0.879. The lowest BCUT2D eigenvalue weighted by Gasteiger charge is -2.13. The number of alkyl halides is 3. The molecule has 0 atom stereocenters. The first-order valence-electron chi connectivity index (χ1n) is 11.4. The number of anilines is 2. The maximum absolute atomic E-state index is 13.5. The van der Waals surface area contributed by atoms with Crippen LogP contribution in [0, 0.1) is 0 Å². The molecule has 192 valence electrons. The van der Waals surface area contributed by atoms with E-state index in [1.54, 1.807) is 42.5 Å². The van der Waals surface area contributed by atoms with Crippen molar-refractivity contribution in [2.24, 2.45) is 7.05 Å². The molecule has 38 heavy (non-hydrogen) atoms. The Labute approximate surface area is 215 Å². The van der Waals surface area contributed by atoms with E-state index in [-0.39, 0.29) is 17.2 Å². The summed E-state index contributed by atoms with van der Waals surface area (Å²) in [6.45, 7) is 0. The van der Waals surface area contributed by atoms with Crippen molar-refractivity contribution < 1.29 is 22.7 Å². The van der Waals surface area contributed by atoms with Gasteiger partial charge in [0, 0.05) is 50.5 Å². The molecule has 1 amide bonds. The van der Waals surface area contributed by atoms with Crippen LogP contribution in [0.1, 0.15) is 16.1 Å². The summed E-state index contributed by atoms with van der Waals surface area (Å²) in [5.74, 6) is 1.12. The topological polar surface area (TPSA) is 94.0 Å². The Morgan fingerprint density at radius 2 is 1.82 bits per heavy atom. The van der Waals surface area contributed by atoms with Gasteiger partial charge in [-0.1, -0.05) is 12.1 Å². The first-order valence-corrected chi connectivity index (χ1v) is 11.4. The lowest BCUT2D eigenvalue weighted by Crippen LogP contribution is -2.18. The van der Waals surface area contributed by atoms with Crippen molar-refractivity contribution in [3.63, 3.8) is 0 Å². The number of pyridine rings is 2. The van der Waals surface area contributed by atoms with Gasteiger partial charge in [-0.3, -0.25) is 14.8 Å². The highest BCUT2D eigenvalue weighted by atomic mass is 19.4. The van der Waals surface area contributed by atoms with Crippen LogP contribution in [0.3, 0.4) is 0 Å². The van der Waals surface area contributed by atoms with E-state index in [2.05, 4.69) is 25.6 Å². The van der Waals surface area contributed by atoms with Gasteiger partial charge in [0.15, 0.2) is 0 Å². The van der Waals surface area contributed by atoms with Crippen molar-refractivity contribution >= 4 is 28.6 Å². The largest absolute Gasteiger partial charge is 0.457 e. The molecular weight excluding hydrogens is 497 g/mol. The molecule has 0 radical (unpaired) electrons. The summed E-state index contributed by atoms with van der Waals surface area (Å²) >= 11 is 0. The van der Waals surface area contributed by atoms with E-state index in [1.807, 2.05) is 17.7 Å². The van der Waals surface area contributed by atoms with Crippen LogP contribution in [-0.4, -0.2) is 32.5 Å². The van der Waals surface area contributed by atoms with Crippen molar-refractivity contribution in [1.29, 1.82) is 0 Å². The number of carbonyl (C=O) groups is 1. The molecule has 2 aromatic carbocycles. The summed E-state index contributed by atoms with van der Waals surface area (Å²) in [4.78, 5) is 24.1. The van der Waals surface area contributed by atoms with E-state index in [1.165, 1.54) is 31.6 Å². The van der Waals surface area contributed by atoms with Gasteiger partial charge < -0.3 is 19.9 Å². The standard InChI is InChI=1S/C27H21F3N6O2/c1-31-25(37)23-14-19(8-11-33-23)38-18-6-7-24-22(13-18)35-26(36(24)2)34-17-5-3-4-16(12-17)20-9-10-32-15-21(20)27(28,29)30/h3-15H,1-2H3,(H,31,37)(H,34,35). The smallest absolute Gasteiger partial charge is 0.418 e. The fourth-order valence-electron chi connectivity index (χ4n) is 3.98. The number of aryl methyl sites for hydroxylation is 1. The Morgan fingerprint density at radius 3 is 2.61 bits per heavy atom. The number of nitrogens with zero attached hydrogens (tertiary/aromatic N) is 4. The maximum atomic E-state index is 13.5. The van der Waals surface area contributed by atoms with Crippen molar-refractivity contribution in [2.45, 2.75) is 6.18 Å². The Balaban J connectivity index is 1.41. The molecule has 5 rings (SSSR count). The zero-order chi connectivity index (χ0) is 26.9. The van der Waals surface area contributed by atoms with Gasteiger partial charge in [0.1, 0.15) is 17.2 Å². The number of hydrogen-bond acceptors (Lipinski definition) is 6. The number of ether oxygens (including phenoxy) is 1. The first kappa shape index (κ1) is 24.8. The second-order valence-corrected chi connectivity index (χ2v) is 8.33. The van der Waals surface area contributed by atoms with Gasteiger partial charge in [0.25, 0.3) is 5.91 Å². The summed E-state index contributed by atoms with van der Waals surface area (Å²) in [6, 6.07) is 16.6. The van der Waals surface area contributed by atoms with Gasteiger partial charge in [-0.25, -0.2) is 4.98 Å². The van der Waals surface area contributed by atoms with E-state index < -0.39 is 11.7 Å². The van der Waals surface area contributed by atoms with Gasteiger partial charge in [0.05, 0.1) is 16.6 Å². The van der Waals surface area contributed by atoms with E-state index in [0.717, 1.165) is 11.7 Å². The molecule has 0 aliphatic heterocycles. The van der Waals surface area contributed by atoms with E-state index in [9.17, 15) is 18.0 Å². The lowest BCUT2D eigenvalue weighted by atomic mass is 10.0. The van der Waals surface area contributed by atoms with Crippen molar-refractivity contribution in [1.82, 2.24) is 24.8 Å². The van der Waals surface area contributed by atoms with Gasteiger partial charge in [-0.05, 0) is 47.5 Å². The molecule has 5 aromatic rings. The highest BCUT2D eigenvalue weighted by molar-refractivity contribution is 5.92. The highest BCUT2D eigenvalue weighted by Gasteiger charge is 2.34. The number of imidazole rings is 1. The average molecular weight is 518 g/mol. The second-order valence-electron chi connectivity index (χ2n) is 8.33. The number of rotatable bonds is 6. The molecule has 3 aromatic heterocycles. The number of hydrogen-bond donors (Lipinski definition) is 2. The fourth-order valence-corrected chi connectivity index (χ4v) is 3.98. The zero-order valence-electron chi connectivity index (χ0n) is 20.2. The van der Waals surface area contributed by atoms with Gasteiger partial charge in [-0.2, -0.15) is 13.2 Å². The Hall–Kier alpha value is -4.93. The SMILES string of the molecule is CNC(=O)c1cc(Oc2ccc3c(c2)nc(Nc2cccc(-c4ccncc4C(F)(F)F)c2)n3C)ccn1. The molecule has 0 saturated carbocycles. The minimum atomic E-state index is -4.52. The number of aromatic nitrogens is 4. The first-order chi connectivity index (χ1) is 18.2. The molecule has 2 N–H and O–H groups in total. The van der Waals surface area contributed by atoms with Crippen LogP contribution < -0.4 is 15.4 Å². The molecule has 0 spiro atoms. The third-order valence-corrected chi connectivity index (χ3v) is 5.84. The Bertz CT molecular complexity index is 1650. The van der Waals surface area contributed by atoms with Crippen LogP contribution in [0.15, 0.2) is 79.3 Å². The monoisotopic (exact) mass is 518 g/mol. The number of halogens is 3. The van der Waals surface area contributed by atoms with Crippen molar-refractivity contribution in [3.8, 4) is 22.6 Å². The van der Waals surface area contributed by atoms with Crippen LogP contribution in [0.25, 0.3) is 22.2 Å². The van der Waals surface area contributed by atoms with Gasteiger partial charge >= 0.3 is 6.18 Å². The van der Waals surface area contributed by atoms with E-state index in [0.29, 0.717) is 34.2 Å². The minimum absolute atomic E-state index is 0.0404. The summed E-state index contributed by atoms with van der Waals surface area (Å²) in [5, 5.41) is 5.70. The third-order valence-electron chi connectivity index (χ3n) is 5.84. The maximum Gasteiger partial charge on any atom is 0.418 e. The molecule has 0 unspecified atom stereocenters. The number of fused-ring (bicyclic) bond motifs is 1. The van der Waals surface area contributed by atoms with E-state index in [4.69, 9.17) is 4.74 Å². The molecule has 0 aliphatic carbocycles. The molecular formula is C27H21F3N6O2. The summed E-state index contributed by atoms with van der Waals surface area (Å²) < 4.78 is 48.2. The second kappa shape index (κ2) is 9.85. The molecule has 11 heteroatoms. The summed E-state index contributed by atoms with van der Waals surface area (Å²) in [5.41, 5.74) is 1.88. The number of amides is 1. The molecule has 3 heterocycles. The average Bonchev–Trinajstić information content (AvgIpc) is 3.22. The molecule has 0 bridgehead atoms. The quantitative estimate of drug-likeness (QED) is 0.289. The number of benzene rings is 2. The predicted octanol–water partition coefficient (Wildman–Crippen LogP) is 5.94. The fraction of sp³-hybridized carbons (Fsp3) is 0.111. The molecule has 0 aliphatic rings. The van der Waals surface area contributed by atoms with Crippen molar-refractivity contribution in [3.05, 3.63) is 90.5 Å². The molecule has 0 fully saturated rings. The number of carbonyl (C=O) groups excluding carboxylic acids is 1. The zero-order valence-corrected chi connectivity index (χ0v) is 20.2. The van der Waals surface area contributed by atoms with Crippen molar-refractivity contribution in [2.75, 3.05) is 12.4 Å².